The molecule has 32 heavy (non-hydrogen) atoms. The average Bonchev–Trinajstić information content (AvgIpc) is 3.10. The number of thiophene rings is 1. The molecule has 0 spiro atoms. The number of nitrogens with zero attached hydrogens (tertiary/aromatic N) is 3. The van der Waals surface area contributed by atoms with E-state index < -0.39 is 11.9 Å². The number of fused-ring (bicyclic) bond motifs is 1. The molecule has 1 fully saturated rings. The Morgan fingerprint density at radius 1 is 1.00 bits per heavy atom. The van der Waals surface area contributed by atoms with Gasteiger partial charge in [-0.3, -0.25) is 9.59 Å². The van der Waals surface area contributed by atoms with Crippen LogP contribution in [0.15, 0.2) is 36.4 Å². The average molecular weight is 465 g/mol. The highest BCUT2D eigenvalue weighted by atomic mass is 32.1. The van der Waals surface area contributed by atoms with Gasteiger partial charge in [0.25, 0.3) is 5.91 Å². The molecule has 5 nitrogen and oxygen atoms in total. The summed E-state index contributed by atoms with van der Waals surface area (Å²) in [7, 11) is 0. The van der Waals surface area contributed by atoms with Gasteiger partial charge in [-0.15, -0.1) is 11.3 Å². The molecule has 0 aliphatic carbocycles. The molecule has 1 saturated heterocycles. The van der Waals surface area contributed by atoms with Gasteiger partial charge in [-0.1, -0.05) is 12.1 Å². The zero-order chi connectivity index (χ0) is 23.0. The van der Waals surface area contributed by atoms with Gasteiger partial charge in [-0.2, -0.15) is 13.2 Å². The fourth-order valence-corrected chi connectivity index (χ4v) is 4.80. The first-order chi connectivity index (χ1) is 15.1. The maximum Gasteiger partial charge on any atom is 0.433 e. The second kappa shape index (κ2) is 8.50. The second-order valence-corrected chi connectivity index (χ2v) is 8.58. The van der Waals surface area contributed by atoms with Crippen molar-refractivity contribution in [1.29, 1.82) is 0 Å². The van der Waals surface area contributed by atoms with E-state index in [1.807, 2.05) is 0 Å². The lowest BCUT2D eigenvalue weighted by Gasteiger charge is -2.34. The topological polar surface area (TPSA) is 53.5 Å². The van der Waals surface area contributed by atoms with Gasteiger partial charge in [0.05, 0.1) is 11.3 Å². The molecular weight excluding hydrogens is 446 g/mol. The minimum Gasteiger partial charge on any atom is -0.339 e. The number of alkyl halides is 3. The number of aryl methyl sites for hydroxylation is 1. The molecule has 0 saturated carbocycles. The molecule has 0 radical (unpaired) electrons. The summed E-state index contributed by atoms with van der Waals surface area (Å²) in [6.07, 6.45) is -4.40. The van der Waals surface area contributed by atoms with Gasteiger partial charge < -0.3 is 9.80 Å². The van der Waals surface area contributed by atoms with Gasteiger partial charge in [0.1, 0.15) is 16.3 Å². The molecule has 168 valence electrons. The van der Waals surface area contributed by atoms with Crippen LogP contribution >= 0.6 is 11.3 Å². The molecule has 2 amide bonds. The number of carbonyl (C=O) groups excluding carboxylic acids is 2. The Morgan fingerprint density at radius 3 is 2.25 bits per heavy atom. The molecule has 1 aliphatic heterocycles. The van der Waals surface area contributed by atoms with Crippen LogP contribution in [-0.4, -0.2) is 52.8 Å². The van der Waals surface area contributed by atoms with Gasteiger partial charge in [-0.05, 0) is 42.3 Å². The number of aromatic nitrogens is 1. The summed E-state index contributed by atoms with van der Waals surface area (Å²) in [6, 6.07) is 8.00. The number of hydrogen-bond donors (Lipinski definition) is 0. The minimum atomic E-state index is -4.55. The summed E-state index contributed by atoms with van der Waals surface area (Å²) in [4.78, 5) is 33.0. The Kier molecular flexibility index (Phi) is 5.89. The van der Waals surface area contributed by atoms with Crippen LogP contribution in [0, 0.1) is 12.7 Å². The first-order valence-electron chi connectivity index (χ1n) is 9.92. The molecule has 0 atom stereocenters. The van der Waals surface area contributed by atoms with E-state index in [1.165, 1.54) is 18.2 Å². The Balaban J connectivity index is 1.43. The smallest absolute Gasteiger partial charge is 0.339 e. The standard InChI is InChI=1S/C22H19F4N3O2S/c1-13-16-6-7-17(22(24,25)26)27-20(16)32-19(13)21(31)29-10-8-28(9-11-29)18(30)12-14-2-4-15(23)5-3-14/h2-7H,8-12H2,1H3. The largest absolute Gasteiger partial charge is 0.433 e. The zero-order valence-electron chi connectivity index (χ0n) is 17.1. The van der Waals surface area contributed by atoms with Gasteiger partial charge >= 0.3 is 6.18 Å². The number of benzene rings is 1. The van der Waals surface area contributed by atoms with Gasteiger partial charge in [0.15, 0.2) is 0 Å². The zero-order valence-corrected chi connectivity index (χ0v) is 17.9. The lowest BCUT2D eigenvalue weighted by Crippen LogP contribution is -2.50. The highest BCUT2D eigenvalue weighted by molar-refractivity contribution is 7.20. The van der Waals surface area contributed by atoms with Crippen LogP contribution in [0.3, 0.4) is 0 Å². The quantitative estimate of drug-likeness (QED) is 0.543. The number of carbonyl (C=O) groups is 2. The van der Waals surface area contributed by atoms with Crippen molar-refractivity contribution in [3.05, 3.63) is 63.9 Å². The first-order valence-corrected chi connectivity index (χ1v) is 10.7. The van der Waals surface area contributed by atoms with Crippen LogP contribution in [0.5, 0.6) is 0 Å². The molecule has 0 N–H and O–H groups in total. The van der Waals surface area contributed by atoms with E-state index in [2.05, 4.69) is 4.98 Å². The monoisotopic (exact) mass is 465 g/mol. The highest BCUT2D eigenvalue weighted by Crippen LogP contribution is 2.34. The third-order valence-electron chi connectivity index (χ3n) is 5.48. The molecular formula is C22H19F4N3O2S. The number of amides is 2. The van der Waals surface area contributed by atoms with Gasteiger partial charge in [-0.25, -0.2) is 9.37 Å². The number of halogens is 4. The van der Waals surface area contributed by atoms with Crippen molar-refractivity contribution in [2.75, 3.05) is 26.2 Å². The van der Waals surface area contributed by atoms with Crippen LogP contribution in [0.4, 0.5) is 17.6 Å². The first kappa shape index (κ1) is 22.2. The van der Waals surface area contributed by atoms with E-state index in [0.29, 0.717) is 47.6 Å². The van der Waals surface area contributed by atoms with Crippen molar-refractivity contribution >= 4 is 33.4 Å². The number of piperazine rings is 1. The van der Waals surface area contributed by atoms with E-state index in [4.69, 9.17) is 0 Å². The Hall–Kier alpha value is -3.01. The number of pyridine rings is 1. The van der Waals surface area contributed by atoms with Crippen molar-refractivity contribution in [2.45, 2.75) is 19.5 Å². The van der Waals surface area contributed by atoms with Crippen molar-refractivity contribution in [3.8, 4) is 0 Å². The number of hydrogen-bond acceptors (Lipinski definition) is 4. The molecule has 1 aliphatic rings. The predicted molar refractivity (Wildman–Crippen MR) is 112 cm³/mol. The van der Waals surface area contributed by atoms with Crippen LogP contribution in [0.1, 0.15) is 26.5 Å². The third kappa shape index (κ3) is 4.45. The molecule has 4 rings (SSSR count). The minimum absolute atomic E-state index is 0.106. The Labute approximate surface area is 185 Å². The molecule has 3 heterocycles. The van der Waals surface area contributed by atoms with Crippen LogP contribution in [0.2, 0.25) is 0 Å². The fourth-order valence-electron chi connectivity index (χ4n) is 3.65. The van der Waals surface area contributed by atoms with Crippen molar-refractivity contribution in [2.24, 2.45) is 0 Å². The normalized spacial score (nSPS) is 14.8. The summed E-state index contributed by atoms with van der Waals surface area (Å²) >= 11 is 0.952. The maximum atomic E-state index is 13.0. The van der Waals surface area contributed by atoms with Crippen LogP contribution < -0.4 is 0 Å². The molecule has 0 unspecified atom stereocenters. The fraction of sp³-hybridized carbons (Fsp3) is 0.318. The SMILES string of the molecule is Cc1c(C(=O)N2CCN(C(=O)Cc3ccc(F)cc3)CC2)sc2nc(C(F)(F)F)ccc12. The van der Waals surface area contributed by atoms with Crippen molar-refractivity contribution < 1.29 is 27.2 Å². The Bertz CT molecular complexity index is 1170. The van der Waals surface area contributed by atoms with E-state index in [0.717, 1.165) is 17.4 Å². The van der Waals surface area contributed by atoms with Gasteiger partial charge in [0, 0.05) is 31.6 Å². The second-order valence-electron chi connectivity index (χ2n) is 7.58. The van der Waals surface area contributed by atoms with E-state index in [9.17, 15) is 27.2 Å². The van der Waals surface area contributed by atoms with Crippen molar-refractivity contribution in [3.63, 3.8) is 0 Å². The lowest BCUT2D eigenvalue weighted by molar-refractivity contribution is -0.141. The number of rotatable bonds is 3. The van der Waals surface area contributed by atoms with Crippen LogP contribution in [0.25, 0.3) is 10.2 Å². The summed E-state index contributed by atoms with van der Waals surface area (Å²) in [5, 5.41) is 0.527. The van der Waals surface area contributed by atoms with Crippen LogP contribution in [-0.2, 0) is 17.4 Å². The summed E-state index contributed by atoms with van der Waals surface area (Å²) in [6.45, 7) is 3.05. The predicted octanol–water partition coefficient (Wildman–Crippen LogP) is 4.29. The van der Waals surface area contributed by atoms with E-state index in [1.54, 1.807) is 28.9 Å². The Morgan fingerprint density at radius 2 is 1.62 bits per heavy atom. The molecule has 3 aromatic rings. The molecule has 2 aromatic heterocycles. The molecule has 1 aromatic carbocycles. The lowest BCUT2D eigenvalue weighted by atomic mass is 10.1. The van der Waals surface area contributed by atoms with E-state index in [-0.39, 0.29) is 28.9 Å². The summed E-state index contributed by atoms with van der Waals surface area (Å²) in [5.74, 6) is -0.745. The van der Waals surface area contributed by atoms with Gasteiger partial charge in [0.2, 0.25) is 5.91 Å². The van der Waals surface area contributed by atoms with Crippen molar-refractivity contribution in [1.82, 2.24) is 14.8 Å². The maximum absolute atomic E-state index is 13.0. The summed E-state index contributed by atoms with van der Waals surface area (Å²) in [5.41, 5.74) is 0.325. The third-order valence-corrected chi connectivity index (χ3v) is 6.67. The van der Waals surface area contributed by atoms with E-state index >= 15 is 0 Å². The summed E-state index contributed by atoms with van der Waals surface area (Å²) < 4.78 is 51.9. The molecule has 10 heteroatoms. The molecule has 0 bridgehead atoms. The highest BCUT2D eigenvalue weighted by Gasteiger charge is 2.33.